The topological polar surface area (TPSA) is 97.9 Å². The van der Waals surface area contributed by atoms with Gasteiger partial charge in [0.2, 0.25) is 0 Å². The average molecular weight is 336 g/mol. The third kappa shape index (κ3) is 3.92. The molecule has 0 spiro atoms. The Bertz CT molecular complexity index is 901. The number of non-ortho nitro benzene ring substituents is 1. The van der Waals surface area contributed by atoms with Crippen molar-refractivity contribution in [2.24, 2.45) is 0 Å². The van der Waals surface area contributed by atoms with Gasteiger partial charge in [0.25, 0.3) is 5.69 Å². The van der Waals surface area contributed by atoms with Gasteiger partial charge in [0.15, 0.2) is 5.82 Å². The quantitative estimate of drug-likeness (QED) is 0.522. The summed E-state index contributed by atoms with van der Waals surface area (Å²) in [7, 11) is 1.90. The van der Waals surface area contributed by atoms with E-state index in [0.717, 1.165) is 11.4 Å². The Balaban J connectivity index is 1.93. The second kappa shape index (κ2) is 7.00. The summed E-state index contributed by atoms with van der Waals surface area (Å²) < 4.78 is 0. The molecular weight excluding hydrogens is 320 g/mol. The van der Waals surface area contributed by atoms with E-state index in [9.17, 15) is 10.1 Å². The van der Waals surface area contributed by atoms with Crippen molar-refractivity contribution in [1.82, 2.24) is 19.9 Å². The predicted molar refractivity (Wildman–Crippen MR) is 93.0 cm³/mol. The van der Waals surface area contributed by atoms with Gasteiger partial charge in [0.1, 0.15) is 5.82 Å². The molecule has 8 nitrogen and oxygen atoms in total. The normalized spacial score (nSPS) is 10.5. The van der Waals surface area contributed by atoms with Crippen molar-refractivity contribution in [3.8, 4) is 11.4 Å². The number of aryl methyl sites for hydroxylation is 1. The molecule has 0 unspecified atom stereocenters. The maximum atomic E-state index is 11.0. The highest BCUT2D eigenvalue weighted by molar-refractivity contribution is 5.61. The number of anilines is 1. The van der Waals surface area contributed by atoms with Crippen molar-refractivity contribution in [3.05, 3.63) is 70.4 Å². The molecule has 2 heterocycles. The SMILES string of the molecule is Cc1cc(N(C)Cc2cnccn2)nc(-c2cccc([N+](=O)[O-])c2)n1. The lowest BCUT2D eigenvalue weighted by molar-refractivity contribution is -0.384. The average Bonchev–Trinajstić information content (AvgIpc) is 2.62. The smallest absolute Gasteiger partial charge is 0.270 e. The highest BCUT2D eigenvalue weighted by atomic mass is 16.6. The van der Waals surface area contributed by atoms with Crippen LogP contribution >= 0.6 is 0 Å². The monoisotopic (exact) mass is 336 g/mol. The molecule has 0 amide bonds. The Hall–Kier alpha value is -3.42. The predicted octanol–water partition coefficient (Wildman–Crippen LogP) is 2.79. The van der Waals surface area contributed by atoms with Gasteiger partial charge in [0.05, 0.1) is 23.4 Å². The molecule has 126 valence electrons. The summed E-state index contributed by atoms with van der Waals surface area (Å²) >= 11 is 0. The lowest BCUT2D eigenvalue weighted by atomic mass is 10.2. The molecule has 0 fully saturated rings. The van der Waals surface area contributed by atoms with Crippen LogP contribution in [0.3, 0.4) is 0 Å². The number of aromatic nitrogens is 4. The Morgan fingerprint density at radius 2 is 2.04 bits per heavy atom. The summed E-state index contributed by atoms with van der Waals surface area (Å²) in [4.78, 5) is 29.7. The molecule has 0 aliphatic heterocycles. The highest BCUT2D eigenvalue weighted by Gasteiger charge is 2.12. The summed E-state index contributed by atoms with van der Waals surface area (Å²) in [6.07, 6.45) is 4.97. The van der Waals surface area contributed by atoms with Gasteiger partial charge in [-0.2, -0.15) is 0 Å². The van der Waals surface area contributed by atoms with Crippen molar-refractivity contribution < 1.29 is 4.92 Å². The maximum Gasteiger partial charge on any atom is 0.270 e. The fraction of sp³-hybridized carbons (Fsp3) is 0.176. The van der Waals surface area contributed by atoms with Gasteiger partial charge < -0.3 is 4.90 Å². The molecule has 0 aliphatic rings. The Morgan fingerprint density at radius 1 is 1.20 bits per heavy atom. The minimum absolute atomic E-state index is 0.0112. The summed E-state index contributed by atoms with van der Waals surface area (Å²) in [5.41, 5.74) is 2.21. The van der Waals surface area contributed by atoms with Crippen molar-refractivity contribution in [2.45, 2.75) is 13.5 Å². The van der Waals surface area contributed by atoms with Crippen LogP contribution in [0.2, 0.25) is 0 Å². The number of rotatable bonds is 5. The fourth-order valence-electron chi connectivity index (χ4n) is 2.37. The molecule has 25 heavy (non-hydrogen) atoms. The van der Waals surface area contributed by atoms with E-state index in [1.807, 2.05) is 24.9 Å². The van der Waals surface area contributed by atoms with E-state index < -0.39 is 4.92 Å². The van der Waals surface area contributed by atoms with Crippen LogP contribution in [0.25, 0.3) is 11.4 Å². The van der Waals surface area contributed by atoms with E-state index in [1.54, 1.807) is 30.7 Å². The van der Waals surface area contributed by atoms with E-state index in [0.29, 0.717) is 23.8 Å². The zero-order valence-corrected chi connectivity index (χ0v) is 13.8. The number of nitro groups is 1. The number of nitro benzene ring substituents is 1. The van der Waals surface area contributed by atoms with Gasteiger partial charge in [-0.15, -0.1) is 0 Å². The summed E-state index contributed by atoms with van der Waals surface area (Å²) in [5.74, 6) is 1.16. The van der Waals surface area contributed by atoms with Gasteiger partial charge in [-0.3, -0.25) is 20.1 Å². The van der Waals surface area contributed by atoms with Crippen LogP contribution in [0.4, 0.5) is 11.5 Å². The van der Waals surface area contributed by atoms with Crippen molar-refractivity contribution in [3.63, 3.8) is 0 Å². The standard InChI is InChI=1S/C17H16N6O2/c1-12-8-16(22(2)11-14-10-18-6-7-19-14)21-17(20-12)13-4-3-5-15(9-13)23(24)25/h3-10H,11H2,1-2H3. The second-order valence-corrected chi connectivity index (χ2v) is 5.55. The Morgan fingerprint density at radius 3 is 2.76 bits per heavy atom. The maximum absolute atomic E-state index is 11.0. The first-order chi connectivity index (χ1) is 12.0. The van der Waals surface area contributed by atoms with Gasteiger partial charge in [-0.1, -0.05) is 12.1 Å². The molecule has 0 saturated carbocycles. The van der Waals surface area contributed by atoms with E-state index in [4.69, 9.17) is 0 Å². The van der Waals surface area contributed by atoms with Gasteiger partial charge in [-0.05, 0) is 6.92 Å². The Labute approximate surface area is 144 Å². The van der Waals surface area contributed by atoms with Crippen LogP contribution in [0, 0.1) is 17.0 Å². The molecule has 3 rings (SSSR count). The van der Waals surface area contributed by atoms with Crippen molar-refractivity contribution in [1.29, 1.82) is 0 Å². The molecule has 2 aromatic heterocycles. The van der Waals surface area contributed by atoms with E-state index in [2.05, 4.69) is 19.9 Å². The Kier molecular flexibility index (Phi) is 4.60. The van der Waals surface area contributed by atoms with E-state index in [1.165, 1.54) is 12.1 Å². The van der Waals surface area contributed by atoms with Crippen LogP contribution in [-0.2, 0) is 6.54 Å². The number of benzene rings is 1. The number of hydrogen-bond donors (Lipinski definition) is 0. The fourth-order valence-corrected chi connectivity index (χ4v) is 2.37. The number of nitrogens with zero attached hydrogens (tertiary/aromatic N) is 6. The largest absolute Gasteiger partial charge is 0.354 e. The van der Waals surface area contributed by atoms with E-state index in [-0.39, 0.29) is 5.69 Å². The van der Waals surface area contributed by atoms with E-state index >= 15 is 0 Å². The third-order valence-corrected chi connectivity index (χ3v) is 3.56. The number of hydrogen-bond acceptors (Lipinski definition) is 7. The van der Waals surface area contributed by atoms with Crippen LogP contribution in [0.5, 0.6) is 0 Å². The summed E-state index contributed by atoms with van der Waals surface area (Å²) in [6.45, 7) is 2.40. The lowest BCUT2D eigenvalue weighted by Crippen LogP contribution is -2.19. The molecule has 0 saturated heterocycles. The molecule has 0 N–H and O–H groups in total. The molecule has 0 bridgehead atoms. The zero-order valence-electron chi connectivity index (χ0n) is 13.8. The first-order valence-electron chi connectivity index (χ1n) is 7.59. The zero-order chi connectivity index (χ0) is 17.8. The molecule has 8 heteroatoms. The van der Waals surface area contributed by atoms with Crippen LogP contribution in [0.1, 0.15) is 11.4 Å². The lowest BCUT2D eigenvalue weighted by Gasteiger charge is -2.18. The minimum atomic E-state index is -0.430. The molecule has 3 aromatic rings. The van der Waals surface area contributed by atoms with Crippen molar-refractivity contribution in [2.75, 3.05) is 11.9 Å². The molecule has 0 radical (unpaired) electrons. The van der Waals surface area contributed by atoms with Crippen molar-refractivity contribution >= 4 is 11.5 Å². The summed E-state index contributed by atoms with van der Waals surface area (Å²) in [6, 6.07) is 8.16. The summed E-state index contributed by atoms with van der Waals surface area (Å²) in [5, 5.41) is 11.0. The second-order valence-electron chi connectivity index (χ2n) is 5.55. The molecule has 0 atom stereocenters. The third-order valence-electron chi connectivity index (χ3n) is 3.56. The molecular formula is C17H16N6O2. The van der Waals surface area contributed by atoms with Gasteiger partial charge >= 0.3 is 0 Å². The van der Waals surface area contributed by atoms with Crippen LogP contribution in [0.15, 0.2) is 48.9 Å². The van der Waals surface area contributed by atoms with Gasteiger partial charge in [0, 0.05) is 48.9 Å². The van der Waals surface area contributed by atoms with Gasteiger partial charge in [-0.25, -0.2) is 9.97 Å². The van der Waals surface area contributed by atoms with Crippen LogP contribution in [-0.4, -0.2) is 31.9 Å². The molecule has 1 aromatic carbocycles. The van der Waals surface area contributed by atoms with Crippen LogP contribution < -0.4 is 4.90 Å². The minimum Gasteiger partial charge on any atom is -0.354 e. The first-order valence-corrected chi connectivity index (χ1v) is 7.59. The first kappa shape index (κ1) is 16.4. The molecule has 0 aliphatic carbocycles. The highest BCUT2D eigenvalue weighted by Crippen LogP contribution is 2.23.